The van der Waals surface area contributed by atoms with Crippen molar-refractivity contribution in [2.45, 2.75) is 25.3 Å². The van der Waals surface area contributed by atoms with Crippen molar-refractivity contribution < 1.29 is 19.1 Å². The third-order valence-corrected chi connectivity index (χ3v) is 5.52. The lowest BCUT2D eigenvalue weighted by Crippen LogP contribution is -2.33. The SMILES string of the molecule is CNC(=O)c1ccc(NC(=O)CN2CCC[C@H]2c2ccc3c(c2)OCCCO3)cc1. The van der Waals surface area contributed by atoms with Crippen LogP contribution in [0.1, 0.15) is 41.2 Å². The first-order valence-corrected chi connectivity index (χ1v) is 10.4. The first-order valence-electron chi connectivity index (χ1n) is 10.4. The van der Waals surface area contributed by atoms with Crippen LogP contribution < -0.4 is 20.1 Å². The van der Waals surface area contributed by atoms with E-state index in [0.29, 0.717) is 31.0 Å². The summed E-state index contributed by atoms with van der Waals surface area (Å²) in [5.74, 6) is 1.36. The Kier molecular flexibility index (Phi) is 6.18. The van der Waals surface area contributed by atoms with Crippen molar-refractivity contribution in [3.8, 4) is 11.5 Å². The average molecular weight is 409 g/mol. The maximum absolute atomic E-state index is 12.6. The molecule has 4 rings (SSSR count). The molecule has 30 heavy (non-hydrogen) atoms. The van der Waals surface area contributed by atoms with Gasteiger partial charge in [0.25, 0.3) is 5.91 Å². The number of nitrogens with zero attached hydrogens (tertiary/aromatic N) is 1. The second-order valence-corrected chi connectivity index (χ2v) is 7.59. The van der Waals surface area contributed by atoms with Gasteiger partial charge in [0.05, 0.1) is 19.8 Å². The van der Waals surface area contributed by atoms with E-state index >= 15 is 0 Å². The Morgan fingerprint density at radius 1 is 1.03 bits per heavy atom. The van der Waals surface area contributed by atoms with Crippen molar-refractivity contribution in [2.75, 3.05) is 38.7 Å². The molecule has 0 aromatic heterocycles. The third kappa shape index (κ3) is 4.57. The van der Waals surface area contributed by atoms with Gasteiger partial charge in [-0.1, -0.05) is 6.07 Å². The van der Waals surface area contributed by atoms with Crippen molar-refractivity contribution >= 4 is 17.5 Å². The van der Waals surface area contributed by atoms with Gasteiger partial charge in [-0.2, -0.15) is 0 Å². The second kappa shape index (κ2) is 9.17. The molecule has 0 bridgehead atoms. The van der Waals surface area contributed by atoms with Gasteiger partial charge in [0.2, 0.25) is 5.91 Å². The van der Waals surface area contributed by atoms with Crippen LogP contribution in [0.15, 0.2) is 42.5 Å². The standard InChI is InChI=1S/C23H27N3O4/c1-24-23(28)16-5-8-18(9-6-16)25-22(27)15-26-11-2-4-19(26)17-7-10-20-21(14-17)30-13-3-12-29-20/h5-10,14,19H,2-4,11-13,15H2,1H3,(H,24,28)(H,25,27)/t19-/m0/s1. The molecule has 1 saturated heterocycles. The number of nitrogens with one attached hydrogen (secondary N) is 2. The van der Waals surface area contributed by atoms with Crippen LogP contribution in [0, 0.1) is 0 Å². The molecule has 0 saturated carbocycles. The van der Waals surface area contributed by atoms with Gasteiger partial charge < -0.3 is 20.1 Å². The van der Waals surface area contributed by atoms with Crippen molar-refractivity contribution in [3.05, 3.63) is 53.6 Å². The van der Waals surface area contributed by atoms with E-state index in [1.165, 1.54) is 0 Å². The van der Waals surface area contributed by atoms with E-state index in [2.05, 4.69) is 27.7 Å². The summed E-state index contributed by atoms with van der Waals surface area (Å²) in [4.78, 5) is 26.5. The summed E-state index contributed by atoms with van der Waals surface area (Å²) >= 11 is 0. The third-order valence-electron chi connectivity index (χ3n) is 5.52. The highest BCUT2D eigenvalue weighted by Gasteiger charge is 2.28. The number of fused-ring (bicyclic) bond motifs is 1. The summed E-state index contributed by atoms with van der Waals surface area (Å²) in [6, 6.07) is 13.2. The van der Waals surface area contributed by atoms with Crippen molar-refractivity contribution in [1.82, 2.24) is 10.2 Å². The topological polar surface area (TPSA) is 79.9 Å². The maximum atomic E-state index is 12.6. The van der Waals surface area contributed by atoms with Gasteiger partial charge in [-0.05, 0) is 61.3 Å². The molecule has 0 unspecified atom stereocenters. The number of carbonyl (C=O) groups excluding carboxylic acids is 2. The van der Waals surface area contributed by atoms with Crippen LogP contribution in [0.3, 0.4) is 0 Å². The zero-order valence-electron chi connectivity index (χ0n) is 17.1. The number of anilines is 1. The van der Waals surface area contributed by atoms with Gasteiger partial charge in [0.15, 0.2) is 11.5 Å². The molecule has 0 spiro atoms. The quantitative estimate of drug-likeness (QED) is 0.794. The minimum atomic E-state index is -0.150. The van der Waals surface area contributed by atoms with Crippen LogP contribution in [-0.4, -0.2) is 50.1 Å². The monoisotopic (exact) mass is 409 g/mol. The first-order chi connectivity index (χ1) is 14.6. The summed E-state index contributed by atoms with van der Waals surface area (Å²) in [6.07, 6.45) is 2.94. The number of rotatable bonds is 5. The molecule has 0 radical (unpaired) electrons. The number of hydrogen-bond acceptors (Lipinski definition) is 5. The lowest BCUT2D eigenvalue weighted by Gasteiger charge is -2.25. The number of amides is 2. The molecular formula is C23H27N3O4. The van der Waals surface area contributed by atoms with Gasteiger partial charge in [-0.3, -0.25) is 14.5 Å². The molecule has 158 valence electrons. The molecule has 1 fully saturated rings. The number of carbonyl (C=O) groups is 2. The summed E-state index contributed by atoms with van der Waals surface area (Å²) in [7, 11) is 1.59. The Balaban J connectivity index is 1.40. The van der Waals surface area contributed by atoms with E-state index in [0.717, 1.165) is 42.9 Å². The predicted octanol–water partition coefficient (Wildman–Crippen LogP) is 2.98. The highest BCUT2D eigenvalue weighted by atomic mass is 16.5. The molecule has 2 aliphatic rings. The molecule has 2 heterocycles. The maximum Gasteiger partial charge on any atom is 0.251 e. The van der Waals surface area contributed by atoms with Crippen molar-refractivity contribution in [3.63, 3.8) is 0 Å². The smallest absolute Gasteiger partial charge is 0.251 e. The Hall–Kier alpha value is -3.06. The highest BCUT2D eigenvalue weighted by molar-refractivity contribution is 5.96. The highest BCUT2D eigenvalue weighted by Crippen LogP contribution is 2.37. The van der Waals surface area contributed by atoms with E-state index in [4.69, 9.17) is 9.47 Å². The van der Waals surface area contributed by atoms with Crippen LogP contribution in [0.2, 0.25) is 0 Å². The lowest BCUT2D eigenvalue weighted by atomic mass is 10.0. The number of hydrogen-bond donors (Lipinski definition) is 2. The summed E-state index contributed by atoms with van der Waals surface area (Å²) < 4.78 is 11.6. The average Bonchev–Trinajstić information content (AvgIpc) is 3.08. The van der Waals surface area contributed by atoms with E-state index < -0.39 is 0 Å². The van der Waals surface area contributed by atoms with E-state index in [1.807, 2.05) is 6.07 Å². The Morgan fingerprint density at radius 2 is 1.80 bits per heavy atom. The molecule has 2 aromatic carbocycles. The molecule has 7 heteroatoms. The minimum Gasteiger partial charge on any atom is -0.490 e. The van der Waals surface area contributed by atoms with E-state index in [1.54, 1.807) is 31.3 Å². The first kappa shape index (κ1) is 20.2. The molecule has 2 N–H and O–H groups in total. The Morgan fingerprint density at radius 3 is 2.57 bits per heavy atom. The summed E-state index contributed by atoms with van der Waals surface area (Å²) in [5.41, 5.74) is 2.39. The number of ether oxygens (including phenoxy) is 2. The normalized spacial score (nSPS) is 18.5. The van der Waals surface area contributed by atoms with Crippen LogP contribution in [0.25, 0.3) is 0 Å². The van der Waals surface area contributed by atoms with E-state index in [-0.39, 0.29) is 17.9 Å². The molecule has 0 aliphatic carbocycles. The van der Waals surface area contributed by atoms with Gasteiger partial charge in [0, 0.05) is 30.8 Å². The second-order valence-electron chi connectivity index (χ2n) is 7.59. The molecule has 1 atom stereocenters. The molecule has 2 aromatic rings. The van der Waals surface area contributed by atoms with Gasteiger partial charge >= 0.3 is 0 Å². The van der Waals surface area contributed by atoms with Crippen LogP contribution in [0.4, 0.5) is 5.69 Å². The number of likely N-dealkylation sites (tertiary alicyclic amines) is 1. The fourth-order valence-electron chi connectivity index (χ4n) is 4.01. The fourth-order valence-corrected chi connectivity index (χ4v) is 4.01. The fraction of sp³-hybridized carbons (Fsp3) is 0.391. The van der Waals surface area contributed by atoms with Gasteiger partial charge in [0.1, 0.15) is 0 Å². The van der Waals surface area contributed by atoms with Crippen molar-refractivity contribution in [2.24, 2.45) is 0 Å². The Bertz CT molecular complexity index is 913. The molecular weight excluding hydrogens is 382 g/mol. The Labute approximate surface area is 176 Å². The van der Waals surface area contributed by atoms with Gasteiger partial charge in [-0.15, -0.1) is 0 Å². The van der Waals surface area contributed by atoms with Gasteiger partial charge in [-0.25, -0.2) is 0 Å². The van der Waals surface area contributed by atoms with Crippen molar-refractivity contribution in [1.29, 1.82) is 0 Å². The lowest BCUT2D eigenvalue weighted by molar-refractivity contribution is -0.117. The predicted molar refractivity (Wildman–Crippen MR) is 114 cm³/mol. The zero-order chi connectivity index (χ0) is 20.9. The molecule has 7 nitrogen and oxygen atoms in total. The number of benzene rings is 2. The van der Waals surface area contributed by atoms with Crippen LogP contribution in [0.5, 0.6) is 11.5 Å². The molecule has 2 aliphatic heterocycles. The molecule has 2 amide bonds. The summed E-state index contributed by atoms with van der Waals surface area (Å²) in [6.45, 7) is 2.52. The zero-order valence-corrected chi connectivity index (χ0v) is 17.1. The largest absolute Gasteiger partial charge is 0.490 e. The van der Waals surface area contributed by atoms with Crippen LogP contribution >= 0.6 is 0 Å². The van der Waals surface area contributed by atoms with E-state index in [9.17, 15) is 9.59 Å². The summed E-state index contributed by atoms with van der Waals surface area (Å²) in [5, 5.41) is 5.51. The minimum absolute atomic E-state index is 0.0658. The van der Waals surface area contributed by atoms with Crippen LogP contribution in [-0.2, 0) is 4.79 Å².